The summed E-state index contributed by atoms with van der Waals surface area (Å²) in [4.78, 5) is 17.5. The van der Waals surface area contributed by atoms with Gasteiger partial charge in [0.25, 0.3) is 0 Å². The van der Waals surface area contributed by atoms with Crippen molar-refractivity contribution < 1.29 is 4.79 Å². The van der Waals surface area contributed by atoms with E-state index in [2.05, 4.69) is 17.0 Å². The standard InChI is InChI=1S/C13H19N5O/c1-5-10-6-12(17(4)7-11(14)19)18-13(15-10)8(2)9(3)16-18/h6H,5,7H2,1-4H3,(H2,14,19). The molecule has 0 spiro atoms. The number of primary amides is 1. The highest BCUT2D eigenvalue weighted by molar-refractivity contribution is 5.79. The Labute approximate surface area is 112 Å². The number of hydrogen-bond donors (Lipinski definition) is 1. The lowest BCUT2D eigenvalue weighted by Crippen LogP contribution is -2.32. The summed E-state index contributed by atoms with van der Waals surface area (Å²) in [5, 5.41) is 4.48. The first-order valence-corrected chi connectivity index (χ1v) is 6.29. The topological polar surface area (TPSA) is 76.5 Å². The Hall–Kier alpha value is -2.11. The van der Waals surface area contributed by atoms with Crippen LogP contribution in [0.5, 0.6) is 0 Å². The number of aryl methyl sites for hydroxylation is 3. The van der Waals surface area contributed by atoms with E-state index in [1.807, 2.05) is 27.0 Å². The minimum Gasteiger partial charge on any atom is -0.368 e. The van der Waals surface area contributed by atoms with Gasteiger partial charge in [0.15, 0.2) is 5.65 Å². The molecule has 0 saturated carbocycles. The molecule has 6 nitrogen and oxygen atoms in total. The van der Waals surface area contributed by atoms with E-state index < -0.39 is 0 Å². The number of amides is 1. The molecular formula is C13H19N5O. The summed E-state index contributed by atoms with van der Waals surface area (Å²) in [5.74, 6) is 0.461. The van der Waals surface area contributed by atoms with Crippen LogP contribution in [-0.2, 0) is 11.2 Å². The molecule has 2 N–H and O–H groups in total. The maximum atomic E-state index is 11.1. The van der Waals surface area contributed by atoms with E-state index >= 15 is 0 Å². The monoisotopic (exact) mass is 261 g/mol. The predicted molar refractivity (Wildman–Crippen MR) is 74.3 cm³/mol. The summed E-state index contributed by atoms with van der Waals surface area (Å²) in [6, 6.07) is 1.95. The van der Waals surface area contributed by atoms with E-state index in [0.717, 1.165) is 34.8 Å². The fourth-order valence-electron chi connectivity index (χ4n) is 2.03. The molecule has 0 unspecified atom stereocenters. The van der Waals surface area contributed by atoms with Crippen molar-refractivity contribution in [1.29, 1.82) is 0 Å². The number of anilines is 1. The van der Waals surface area contributed by atoms with Crippen LogP contribution in [0.2, 0.25) is 0 Å². The third-order valence-electron chi connectivity index (χ3n) is 3.24. The number of hydrogen-bond acceptors (Lipinski definition) is 4. The first-order chi connectivity index (χ1) is 8.93. The van der Waals surface area contributed by atoms with Gasteiger partial charge in [-0.15, -0.1) is 0 Å². The van der Waals surface area contributed by atoms with Crippen LogP contribution in [0, 0.1) is 13.8 Å². The molecule has 2 aromatic heterocycles. The van der Waals surface area contributed by atoms with Crippen molar-refractivity contribution in [2.45, 2.75) is 27.2 Å². The second-order valence-corrected chi connectivity index (χ2v) is 4.73. The molecule has 0 aliphatic heterocycles. The van der Waals surface area contributed by atoms with Gasteiger partial charge in [0, 0.05) is 24.4 Å². The Bertz CT molecular complexity index is 631. The molecule has 0 aliphatic rings. The number of carbonyl (C=O) groups is 1. The van der Waals surface area contributed by atoms with Crippen LogP contribution in [0.25, 0.3) is 5.65 Å². The fourth-order valence-corrected chi connectivity index (χ4v) is 2.03. The average Bonchev–Trinajstić information content (AvgIpc) is 2.63. The van der Waals surface area contributed by atoms with E-state index in [4.69, 9.17) is 5.73 Å². The lowest BCUT2D eigenvalue weighted by Gasteiger charge is -2.18. The highest BCUT2D eigenvalue weighted by Crippen LogP contribution is 2.20. The van der Waals surface area contributed by atoms with Crippen LogP contribution in [0.4, 0.5) is 5.82 Å². The van der Waals surface area contributed by atoms with Gasteiger partial charge in [-0.05, 0) is 20.3 Å². The van der Waals surface area contributed by atoms with Gasteiger partial charge in [-0.2, -0.15) is 9.61 Å². The van der Waals surface area contributed by atoms with Crippen LogP contribution in [0.3, 0.4) is 0 Å². The molecule has 0 bridgehead atoms. The van der Waals surface area contributed by atoms with Crippen molar-refractivity contribution in [1.82, 2.24) is 14.6 Å². The molecule has 2 heterocycles. The van der Waals surface area contributed by atoms with E-state index in [9.17, 15) is 4.79 Å². The number of aromatic nitrogens is 3. The van der Waals surface area contributed by atoms with Crippen molar-refractivity contribution in [3.63, 3.8) is 0 Å². The zero-order valence-electron chi connectivity index (χ0n) is 11.8. The summed E-state index contributed by atoms with van der Waals surface area (Å²) in [6.07, 6.45) is 0.831. The Morgan fingerprint density at radius 2 is 2.16 bits per heavy atom. The van der Waals surface area contributed by atoms with Gasteiger partial charge >= 0.3 is 0 Å². The molecule has 2 aromatic rings. The van der Waals surface area contributed by atoms with Crippen molar-refractivity contribution in [3.8, 4) is 0 Å². The molecule has 2 rings (SSSR count). The third-order valence-corrected chi connectivity index (χ3v) is 3.24. The quantitative estimate of drug-likeness (QED) is 0.884. The first kappa shape index (κ1) is 13.3. The van der Waals surface area contributed by atoms with Gasteiger partial charge < -0.3 is 10.6 Å². The Morgan fingerprint density at radius 1 is 1.47 bits per heavy atom. The molecule has 1 amide bonds. The second-order valence-electron chi connectivity index (χ2n) is 4.73. The Balaban J connectivity index is 2.64. The maximum absolute atomic E-state index is 11.1. The van der Waals surface area contributed by atoms with Crippen molar-refractivity contribution in [2.24, 2.45) is 5.73 Å². The minimum atomic E-state index is -0.369. The van der Waals surface area contributed by atoms with E-state index in [0.29, 0.717) is 0 Å². The number of likely N-dealkylation sites (N-methyl/N-ethyl adjacent to an activating group) is 1. The molecule has 0 fully saturated rings. The molecule has 0 atom stereocenters. The SMILES string of the molecule is CCc1cc(N(C)CC(N)=O)n2nc(C)c(C)c2n1. The number of carbonyl (C=O) groups excluding carboxylic acids is 1. The Kier molecular flexibility index (Phi) is 3.42. The van der Waals surface area contributed by atoms with Gasteiger partial charge in [-0.3, -0.25) is 4.79 Å². The number of rotatable bonds is 4. The molecule has 0 aliphatic carbocycles. The zero-order chi connectivity index (χ0) is 14.2. The Morgan fingerprint density at radius 3 is 2.74 bits per heavy atom. The lowest BCUT2D eigenvalue weighted by molar-refractivity contribution is -0.116. The molecular weight excluding hydrogens is 242 g/mol. The summed E-state index contributed by atoms with van der Waals surface area (Å²) in [6.45, 7) is 6.16. The average molecular weight is 261 g/mol. The van der Waals surface area contributed by atoms with E-state index in [-0.39, 0.29) is 12.5 Å². The number of fused-ring (bicyclic) bond motifs is 1. The van der Waals surface area contributed by atoms with Crippen molar-refractivity contribution in [2.75, 3.05) is 18.5 Å². The van der Waals surface area contributed by atoms with Gasteiger partial charge in [-0.25, -0.2) is 4.98 Å². The van der Waals surface area contributed by atoms with Crippen LogP contribution < -0.4 is 10.6 Å². The van der Waals surface area contributed by atoms with Crippen molar-refractivity contribution >= 4 is 17.4 Å². The molecule has 102 valence electrons. The third kappa shape index (κ3) is 2.38. The minimum absolute atomic E-state index is 0.153. The predicted octanol–water partition coefficient (Wildman–Crippen LogP) is 0.830. The summed E-state index contributed by atoms with van der Waals surface area (Å²) in [7, 11) is 1.82. The maximum Gasteiger partial charge on any atom is 0.236 e. The van der Waals surface area contributed by atoms with Gasteiger partial charge in [0.2, 0.25) is 5.91 Å². The van der Waals surface area contributed by atoms with Crippen LogP contribution in [0.1, 0.15) is 23.9 Å². The van der Waals surface area contributed by atoms with Gasteiger partial charge in [-0.1, -0.05) is 6.92 Å². The summed E-state index contributed by atoms with van der Waals surface area (Å²) < 4.78 is 1.77. The molecule has 0 aromatic carbocycles. The lowest BCUT2D eigenvalue weighted by atomic mass is 10.2. The van der Waals surface area contributed by atoms with Gasteiger partial charge in [0.1, 0.15) is 5.82 Å². The van der Waals surface area contributed by atoms with Gasteiger partial charge in [0.05, 0.1) is 12.2 Å². The second kappa shape index (κ2) is 4.87. The van der Waals surface area contributed by atoms with E-state index in [1.54, 1.807) is 9.42 Å². The smallest absolute Gasteiger partial charge is 0.236 e. The van der Waals surface area contributed by atoms with Crippen LogP contribution >= 0.6 is 0 Å². The van der Waals surface area contributed by atoms with Crippen LogP contribution in [-0.4, -0.2) is 34.1 Å². The highest BCUT2D eigenvalue weighted by atomic mass is 16.1. The van der Waals surface area contributed by atoms with E-state index in [1.165, 1.54) is 0 Å². The normalized spacial score (nSPS) is 10.9. The molecule has 6 heteroatoms. The fraction of sp³-hybridized carbons (Fsp3) is 0.462. The molecule has 19 heavy (non-hydrogen) atoms. The van der Waals surface area contributed by atoms with Crippen molar-refractivity contribution in [3.05, 3.63) is 23.0 Å². The number of nitrogens with two attached hydrogens (primary N) is 1. The molecule has 0 radical (unpaired) electrons. The first-order valence-electron chi connectivity index (χ1n) is 6.29. The molecule has 0 saturated heterocycles. The summed E-state index contributed by atoms with van der Waals surface area (Å²) in [5.41, 5.74) is 9.06. The largest absolute Gasteiger partial charge is 0.368 e. The number of nitrogens with zero attached hydrogens (tertiary/aromatic N) is 4. The summed E-state index contributed by atoms with van der Waals surface area (Å²) >= 11 is 0. The highest BCUT2D eigenvalue weighted by Gasteiger charge is 2.15. The van der Waals surface area contributed by atoms with Crippen LogP contribution in [0.15, 0.2) is 6.07 Å². The zero-order valence-corrected chi connectivity index (χ0v) is 11.8.